The number of hydrogen-bond donors (Lipinski definition) is 1. The van der Waals surface area contributed by atoms with Gasteiger partial charge in [0.15, 0.2) is 0 Å². The Kier molecular flexibility index (Phi) is 6.82. The van der Waals surface area contributed by atoms with Gasteiger partial charge in [-0.05, 0) is 65.0 Å². The molecular weight excluding hydrogens is 232 g/mol. The molecule has 0 amide bonds. The molecule has 2 heteroatoms. The number of nitrogens with zero attached hydrogens (tertiary/aromatic N) is 1. The number of hydrogen-bond acceptors (Lipinski definition) is 2. The average Bonchev–Trinajstić information content (AvgIpc) is 2.76. The third kappa shape index (κ3) is 6.27. The smallest absolute Gasteiger partial charge is 0.00967 e. The van der Waals surface area contributed by atoms with Gasteiger partial charge >= 0.3 is 0 Å². The molecule has 0 unspecified atom stereocenters. The van der Waals surface area contributed by atoms with Crippen LogP contribution in [0.3, 0.4) is 0 Å². The lowest BCUT2D eigenvalue weighted by Gasteiger charge is -2.38. The summed E-state index contributed by atoms with van der Waals surface area (Å²) in [6, 6.07) is 0. The fourth-order valence-electron chi connectivity index (χ4n) is 3.35. The molecule has 0 aromatic rings. The van der Waals surface area contributed by atoms with E-state index in [4.69, 9.17) is 0 Å². The second-order valence-corrected chi connectivity index (χ2v) is 7.59. The fraction of sp³-hybridized carbons (Fsp3) is 1.00. The first-order valence-electron chi connectivity index (χ1n) is 8.38. The second-order valence-electron chi connectivity index (χ2n) is 7.59. The third-order valence-electron chi connectivity index (χ3n) is 4.30. The largest absolute Gasteiger partial charge is 0.311 e. The van der Waals surface area contributed by atoms with Crippen molar-refractivity contribution < 1.29 is 0 Å². The van der Waals surface area contributed by atoms with Gasteiger partial charge in [0.25, 0.3) is 0 Å². The summed E-state index contributed by atoms with van der Waals surface area (Å²) in [5.74, 6) is 0. The summed E-state index contributed by atoms with van der Waals surface area (Å²) in [6.45, 7) is 16.5. The van der Waals surface area contributed by atoms with Crippen molar-refractivity contribution in [2.75, 3.05) is 26.2 Å². The van der Waals surface area contributed by atoms with Gasteiger partial charge in [0.1, 0.15) is 0 Å². The highest BCUT2D eigenvalue weighted by Gasteiger charge is 2.35. The predicted octanol–water partition coefficient (Wildman–Crippen LogP) is 4.06. The van der Waals surface area contributed by atoms with E-state index in [9.17, 15) is 0 Å². The van der Waals surface area contributed by atoms with E-state index in [1.807, 2.05) is 0 Å². The molecule has 1 saturated carbocycles. The zero-order valence-corrected chi connectivity index (χ0v) is 14.0. The maximum absolute atomic E-state index is 3.77. The molecule has 19 heavy (non-hydrogen) atoms. The van der Waals surface area contributed by atoms with E-state index in [-0.39, 0.29) is 5.54 Å². The molecule has 0 aliphatic heterocycles. The van der Waals surface area contributed by atoms with E-state index in [2.05, 4.69) is 44.8 Å². The van der Waals surface area contributed by atoms with Crippen molar-refractivity contribution >= 4 is 0 Å². The minimum Gasteiger partial charge on any atom is -0.311 e. The molecule has 0 spiro atoms. The van der Waals surface area contributed by atoms with E-state index < -0.39 is 0 Å². The highest BCUT2D eigenvalue weighted by molar-refractivity contribution is 4.91. The van der Waals surface area contributed by atoms with E-state index in [0.29, 0.717) is 5.41 Å². The van der Waals surface area contributed by atoms with Gasteiger partial charge in [-0.25, -0.2) is 0 Å². The Morgan fingerprint density at radius 2 is 1.53 bits per heavy atom. The lowest BCUT2D eigenvalue weighted by Crippen LogP contribution is -2.48. The number of nitrogens with one attached hydrogen (secondary N) is 1. The third-order valence-corrected chi connectivity index (χ3v) is 4.30. The molecule has 0 atom stereocenters. The molecule has 114 valence electrons. The first-order valence-corrected chi connectivity index (χ1v) is 8.38. The highest BCUT2D eigenvalue weighted by atomic mass is 15.1. The van der Waals surface area contributed by atoms with Crippen LogP contribution in [0.15, 0.2) is 0 Å². The highest BCUT2D eigenvalue weighted by Crippen LogP contribution is 2.38. The van der Waals surface area contributed by atoms with Crippen LogP contribution in [0.2, 0.25) is 0 Å². The summed E-state index contributed by atoms with van der Waals surface area (Å²) < 4.78 is 0. The van der Waals surface area contributed by atoms with Crippen LogP contribution in [-0.2, 0) is 0 Å². The van der Waals surface area contributed by atoms with Crippen molar-refractivity contribution in [3.63, 3.8) is 0 Å². The molecule has 2 nitrogen and oxygen atoms in total. The van der Waals surface area contributed by atoms with Gasteiger partial charge in [-0.2, -0.15) is 0 Å². The van der Waals surface area contributed by atoms with Crippen LogP contribution >= 0.6 is 0 Å². The fourth-order valence-corrected chi connectivity index (χ4v) is 3.35. The lowest BCUT2D eigenvalue weighted by atomic mass is 9.84. The van der Waals surface area contributed by atoms with Gasteiger partial charge in [0, 0.05) is 18.6 Å². The standard InChI is InChI=1S/C17H36N2/c1-6-12-19(13-7-2)15-17(10-8-9-11-17)14-18-16(3,4)5/h18H,6-15H2,1-5H3. The summed E-state index contributed by atoms with van der Waals surface area (Å²) in [5.41, 5.74) is 0.785. The van der Waals surface area contributed by atoms with Gasteiger partial charge in [0.05, 0.1) is 0 Å². The Morgan fingerprint density at radius 1 is 1.00 bits per heavy atom. The average molecular weight is 268 g/mol. The Bertz CT molecular complexity index is 230. The van der Waals surface area contributed by atoms with Gasteiger partial charge in [-0.3, -0.25) is 0 Å². The minimum absolute atomic E-state index is 0.246. The summed E-state index contributed by atoms with van der Waals surface area (Å²) in [7, 11) is 0. The first kappa shape index (κ1) is 17.0. The van der Waals surface area contributed by atoms with Crippen LogP contribution in [0.5, 0.6) is 0 Å². The van der Waals surface area contributed by atoms with Crippen LogP contribution in [-0.4, -0.2) is 36.6 Å². The minimum atomic E-state index is 0.246. The summed E-state index contributed by atoms with van der Waals surface area (Å²) >= 11 is 0. The van der Waals surface area contributed by atoms with Crippen molar-refractivity contribution in [3.05, 3.63) is 0 Å². The maximum atomic E-state index is 3.77. The van der Waals surface area contributed by atoms with Crippen molar-refractivity contribution in [2.45, 2.75) is 78.7 Å². The Labute approximate surface area is 121 Å². The van der Waals surface area contributed by atoms with Crippen molar-refractivity contribution in [1.82, 2.24) is 10.2 Å². The SMILES string of the molecule is CCCN(CCC)CC1(CNC(C)(C)C)CCCC1. The Balaban J connectivity index is 2.59. The van der Waals surface area contributed by atoms with E-state index in [1.54, 1.807) is 0 Å². The van der Waals surface area contributed by atoms with Gasteiger partial charge in [-0.15, -0.1) is 0 Å². The van der Waals surface area contributed by atoms with Crippen LogP contribution < -0.4 is 5.32 Å². The van der Waals surface area contributed by atoms with E-state index >= 15 is 0 Å². The van der Waals surface area contributed by atoms with Crippen LogP contribution in [0.4, 0.5) is 0 Å². The normalized spacial score (nSPS) is 19.3. The summed E-state index contributed by atoms with van der Waals surface area (Å²) in [4.78, 5) is 2.70. The monoisotopic (exact) mass is 268 g/mol. The summed E-state index contributed by atoms with van der Waals surface area (Å²) in [5, 5.41) is 3.77. The maximum Gasteiger partial charge on any atom is 0.00967 e. The molecule has 0 heterocycles. The number of rotatable bonds is 8. The molecule has 1 fully saturated rings. The van der Waals surface area contributed by atoms with Gasteiger partial charge < -0.3 is 10.2 Å². The molecule has 0 radical (unpaired) electrons. The Morgan fingerprint density at radius 3 is 1.95 bits per heavy atom. The zero-order valence-electron chi connectivity index (χ0n) is 14.0. The molecular formula is C17H36N2. The molecule has 1 rings (SSSR count). The van der Waals surface area contributed by atoms with Crippen molar-refractivity contribution in [2.24, 2.45) is 5.41 Å². The molecule has 1 aliphatic rings. The lowest BCUT2D eigenvalue weighted by molar-refractivity contribution is 0.139. The molecule has 0 aromatic heterocycles. The van der Waals surface area contributed by atoms with Crippen molar-refractivity contribution in [1.29, 1.82) is 0 Å². The molecule has 0 bridgehead atoms. The zero-order chi connectivity index (χ0) is 14.4. The second kappa shape index (κ2) is 7.64. The predicted molar refractivity (Wildman–Crippen MR) is 85.7 cm³/mol. The topological polar surface area (TPSA) is 15.3 Å². The molecule has 0 aromatic carbocycles. The van der Waals surface area contributed by atoms with Crippen molar-refractivity contribution in [3.8, 4) is 0 Å². The Hall–Kier alpha value is -0.0800. The van der Waals surface area contributed by atoms with Gasteiger partial charge in [0.2, 0.25) is 0 Å². The summed E-state index contributed by atoms with van der Waals surface area (Å²) in [6.07, 6.45) is 8.25. The molecule has 1 N–H and O–H groups in total. The molecule has 1 aliphatic carbocycles. The quantitative estimate of drug-likeness (QED) is 0.714. The van der Waals surface area contributed by atoms with Gasteiger partial charge in [-0.1, -0.05) is 26.7 Å². The van der Waals surface area contributed by atoms with E-state index in [1.165, 1.54) is 64.7 Å². The van der Waals surface area contributed by atoms with Crippen LogP contribution in [0, 0.1) is 5.41 Å². The van der Waals surface area contributed by atoms with Crippen LogP contribution in [0.1, 0.15) is 73.1 Å². The first-order chi connectivity index (χ1) is 8.91. The molecule has 0 saturated heterocycles. The van der Waals surface area contributed by atoms with E-state index in [0.717, 1.165) is 0 Å². The van der Waals surface area contributed by atoms with Crippen LogP contribution in [0.25, 0.3) is 0 Å².